The fraction of sp³-hybridized carbons (Fsp3) is 0.647. The lowest BCUT2D eigenvalue weighted by molar-refractivity contribution is 0.231. The molecule has 2 aliphatic rings. The van der Waals surface area contributed by atoms with E-state index in [1.165, 1.54) is 49.0 Å². The zero-order valence-electron chi connectivity index (χ0n) is 12.2. The van der Waals surface area contributed by atoms with Gasteiger partial charge in [-0.2, -0.15) is 0 Å². The molecule has 2 N–H and O–H groups in total. The van der Waals surface area contributed by atoms with Crippen molar-refractivity contribution in [2.75, 3.05) is 19.6 Å². The molecule has 1 aliphatic heterocycles. The van der Waals surface area contributed by atoms with Gasteiger partial charge in [0.2, 0.25) is 0 Å². The van der Waals surface area contributed by atoms with E-state index >= 15 is 0 Å². The van der Waals surface area contributed by atoms with E-state index in [2.05, 4.69) is 36.9 Å². The van der Waals surface area contributed by atoms with Gasteiger partial charge in [-0.05, 0) is 49.7 Å². The van der Waals surface area contributed by atoms with Gasteiger partial charge >= 0.3 is 0 Å². The average Bonchev–Trinajstić information content (AvgIpc) is 2.95. The standard InChI is InChI=1S/C17H26N2/c1-12-6-7-13(2)16(8-12)17(9-18)19-10-14-4-3-5-15(14)11-19/h6-8,14-15,17H,3-5,9-11,18H2,1-2H3. The van der Waals surface area contributed by atoms with Crippen LogP contribution in [0, 0.1) is 25.7 Å². The van der Waals surface area contributed by atoms with Gasteiger partial charge in [-0.3, -0.25) is 4.90 Å². The van der Waals surface area contributed by atoms with Crippen molar-refractivity contribution in [1.82, 2.24) is 4.90 Å². The summed E-state index contributed by atoms with van der Waals surface area (Å²) in [6.07, 6.45) is 4.32. The fourth-order valence-corrected chi connectivity index (χ4v) is 4.12. The van der Waals surface area contributed by atoms with Gasteiger partial charge in [0.25, 0.3) is 0 Å². The van der Waals surface area contributed by atoms with Crippen molar-refractivity contribution < 1.29 is 0 Å². The highest BCUT2D eigenvalue weighted by Crippen LogP contribution is 2.41. The van der Waals surface area contributed by atoms with E-state index in [9.17, 15) is 0 Å². The summed E-state index contributed by atoms with van der Waals surface area (Å²) in [7, 11) is 0. The zero-order chi connectivity index (χ0) is 13.4. The Morgan fingerprint density at radius 3 is 2.53 bits per heavy atom. The van der Waals surface area contributed by atoms with Crippen molar-refractivity contribution in [2.45, 2.75) is 39.2 Å². The van der Waals surface area contributed by atoms with E-state index in [0.717, 1.165) is 18.4 Å². The average molecular weight is 258 g/mol. The Morgan fingerprint density at radius 2 is 1.89 bits per heavy atom. The lowest BCUT2D eigenvalue weighted by Gasteiger charge is -2.29. The molecule has 0 amide bonds. The Kier molecular flexibility index (Phi) is 3.64. The molecule has 0 bridgehead atoms. The molecule has 0 radical (unpaired) electrons. The van der Waals surface area contributed by atoms with E-state index < -0.39 is 0 Å². The number of rotatable bonds is 3. The molecule has 1 aromatic carbocycles. The Labute approximate surface area is 117 Å². The molecule has 19 heavy (non-hydrogen) atoms. The van der Waals surface area contributed by atoms with Gasteiger partial charge in [-0.25, -0.2) is 0 Å². The van der Waals surface area contributed by atoms with Crippen LogP contribution in [0.3, 0.4) is 0 Å². The van der Waals surface area contributed by atoms with Crippen LogP contribution in [0.5, 0.6) is 0 Å². The third kappa shape index (κ3) is 2.44. The Bertz CT molecular complexity index is 443. The maximum Gasteiger partial charge on any atom is 0.0473 e. The second-order valence-electron chi connectivity index (χ2n) is 6.52. The van der Waals surface area contributed by atoms with Gasteiger partial charge in [0.1, 0.15) is 0 Å². The molecule has 1 saturated carbocycles. The predicted octanol–water partition coefficient (Wildman–Crippen LogP) is 3.04. The van der Waals surface area contributed by atoms with Crippen LogP contribution in [-0.2, 0) is 0 Å². The molecule has 2 heteroatoms. The van der Waals surface area contributed by atoms with Crippen molar-refractivity contribution in [3.05, 3.63) is 34.9 Å². The molecule has 2 fully saturated rings. The summed E-state index contributed by atoms with van der Waals surface area (Å²) >= 11 is 0. The topological polar surface area (TPSA) is 29.3 Å². The van der Waals surface area contributed by atoms with Crippen LogP contribution in [0.25, 0.3) is 0 Å². The molecule has 3 atom stereocenters. The molecular weight excluding hydrogens is 232 g/mol. The van der Waals surface area contributed by atoms with Crippen LogP contribution in [0.2, 0.25) is 0 Å². The summed E-state index contributed by atoms with van der Waals surface area (Å²) < 4.78 is 0. The van der Waals surface area contributed by atoms with Gasteiger partial charge in [0.15, 0.2) is 0 Å². The van der Waals surface area contributed by atoms with Crippen molar-refractivity contribution in [3.8, 4) is 0 Å². The van der Waals surface area contributed by atoms with Crippen molar-refractivity contribution in [2.24, 2.45) is 17.6 Å². The molecule has 3 unspecified atom stereocenters. The number of hydrogen-bond acceptors (Lipinski definition) is 2. The molecule has 3 rings (SSSR count). The second-order valence-corrected chi connectivity index (χ2v) is 6.52. The van der Waals surface area contributed by atoms with Crippen molar-refractivity contribution in [3.63, 3.8) is 0 Å². The third-order valence-corrected chi connectivity index (χ3v) is 5.21. The first kappa shape index (κ1) is 13.1. The number of hydrogen-bond donors (Lipinski definition) is 1. The first-order chi connectivity index (χ1) is 9.19. The Balaban J connectivity index is 1.83. The highest BCUT2D eigenvalue weighted by atomic mass is 15.2. The number of aryl methyl sites for hydroxylation is 2. The van der Waals surface area contributed by atoms with Crippen LogP contribution in [0.1, 0.15) is 42.0 Å². The van der Waals surface area contributed by atoms with Gasteiger partial charge in [-0.15, -0.1) is 0 Å². The highest BCUT2D eigenvalue weighted by molar-refractivity contribution is 5.33. The maximum absolute atomic E-state index is 6.11. The lowest BCUT2D eigenvalue weighted by atomic mass is 9.97. The summed E-state index contributed by atoms with van der Waals surface area (Å²) in [4.78, 5) is 2.65. The molecule has 1 aliphatic carbocycles. The summed E-state index contributed by atoms with van der Waals surface area (Å²) in [5, 5.41) is 0. The zero-order valence-corrected chi connectivity index (χ0v) is 12.2. The predicted molar refractivity (Wildman–Crippen MR) is 80.1 cm³/mol. The first-order valence-electron chi connectivity index (χ1n) is 7.70. The molecular formula is C17H26N2. The van der Waals surface area contributed by atoms with E-state index in [4.69, 9.17) is 5.73 Å². The van der Waals surface area contributed by atoms with Crippen LogP contribution in [-0.4, -0.2) is 24.5 Å². The number of nitrogens with two attached hydrogens (primary N) is 1. The molecule has 104 valence electrons. The molecule has 1 aromatic rings. The summed E-state index contributed by atoms with van der Waals surface area (Å²) in [6.45, 7) is 7.66. The van der Waals surface area contributed by atoms with Gasteiger partial charge in [0.05, 0.1) is 0 Å². The van der Waals surface area contributed by atoms with Gasteiger partial charge < -0.3 is 5.73 Å². The minimum absolute atomic E-state index is 0.422. The minimum Gasteiger partial charge on any atom is -0.329 e. The lowest BCUT2D eigenvalue weighted by Crippen LogP contribution is -2.33. The molecule has 1 saturated heterocycles. The van der Waals surface area contributed by atoms with E-state index in [0.29, 0.717) is 6.04 Å². The first-order valence-corrected chi connectivity index (χ1v) is 7.70. The maximum atomic E-state index is 6.11. The van der Waals surface area contributed by atoms with Gasteiger partial charge in [0, 0.05) is 25.7 Å². The monoisotopic (exact) mass is 258 g/mol. The largest absolute Gasteiger partial charge is 0.329 e. The Morgan fingerprint density at radius 1 is 1.21 bits per heavy atom. The summed E-state index contributed by atoms with van der Waals surface area (Å²) in [5.41, 5.74) is 10.3. The SMILES string of the molecule is Cc1ccc(C)c(C(CN)N2CC3CCCC3C2)c1. The normalized spacial score (nSPS) is 28.6. The number of fused-ring (bicyclic) bond motifs is 1. The third-order valence-electron chi connectivity index (χ3n) is 5.21. The fourth-order valence-electron chi connectivity index (χ4n) is 4.12. The quantitative estimate of drug-likeness (QED) is 0.903. The van der Waals surface area contributed by atoms with Gasteiger partial charge in [-0.1, -0.05) is 30.2 Å². The van der Waals surface area contributed by atoms with E-state index in [1.54, 1.807) is 0 Å². The highest BCUT2D eigenvalue weighted by Gasteiger charge is 2.38. The van der Waals surface area contributed by atoms with E-state index in [1.807, 2.05) is 0 Å². The molecule has 0 aromatic heterocycles. The summed E-state index contributed by atoms with van der Waals surface area (Å²) in [5.74, 6) is 1.89. The number of benzene rings is 1. The molecule has 2 nitrogen and oxygen atoms in total. The van der Waals surface area contributed by atoms with Crippen LogP contribution in [0.4, 0.5) is 0 Å². The smallest absolute Gasteiger partial charge is 0.0473 e. The van der Waals surface area contributed by atoms with Crippen LogP contribution in [0.15, 0.2) is 18.2 Å². The van der Waals surface area contributed by atoms with Crippen molar-refractivity contribution >= 4 is 0 Å². The second kappa shape index (κ2) is 5.26. The van der Waals surface area contributed by atoms with Crippen LogP contribution < -0.4 is 5.73 Å². The molecule has 1 heterocycles. The summed E-state index contributed by atoms with van der Waals surface area (Å²) in [6, 6.07) is 7.20. The van der Waals surface area contributed by atoms with Crippen LogP contribution >= 0.6 is 0 Å². The minimum atomic E-state index is 0.422. The van der Waals surface area contributed by atoms with E-state index in [-0.39, 0.29) is 0 Å². The molecule has 0 spiro atoms. The van der Waals surface area contributed by atoms with Crippen molar-refractivity contribution in [1.29, 1.82) is 0 Å². The number of nitrogens with zero attached hydrogens (tertiary/aromatic N) is 1. The Hall–Kier alpha value is -0.860. The number of likely N-dealkylation sites (tertiary alicyclic amines) is 1.